The van der Waals surface area contributed by atoms with Crippen LogP contribution in [-0.4, -0.2) is 5.78 Å². The quantitative estimate of drug-likeness (QED) is 0.777. The topological polar surface area (TPSA) is 40.9 Å². The van der Waals surface area contributed by atoms with E-state index in [1.165, 1.54) is 22.7 Å². The van der Waals surface area contributed by atoms with E-state index in [9.17, 15) is 4.79 Å². The van der Waals surface area contributed by atoms with Gasteiger partial charge in [-0.2, -0.15) is 5.26 Å². The molecule has 0 aliphatic heterocycles. The first-order valence-electron chi connectivity index (χ1n) is 4.76. The minimum absolute atomic E-state index is 0.0944. The van der Waals surface area contributed by atoms with Gasteiger partial charge in [0.15, 0.2) is 5.78 Å². The summed E-state index contributed by atoms with van der Waals surface area (Å²) in [5, 5.41) is 11.0. The average Bonchev–Trinajstić information content (AvgIpc) is 2.90. The van der Waals surface area contributed by atoms with Crippen molar-refractivity contribution in [1.82, 2.24) is 0 Å². The minimum atomic E-state index is -0.655. The molecule has 0 aliphatic rings. The molecule has 0 amide bonds. The van der Waals surface area contributed by atoms with Crippen molar-refractivity contribution in [1.29, 1.82) is 5.26 Å². The van der Waals surface area contributed by atoms with Gasteiger partial charge in [0, 0.05) is 9.75 Å². The predicted octanol–water partition coefficient (Wildman–Crippen LogP) is 3.61. The second-order valence-electron chi connectivity index (χ2n) is 3.35. The van der Waals surface area contributed by atoms with Crippen LogP contribution < -0.4 is 0 Å². The van der Waals surface area contributed by atoms with Gasteiger partial charge in [-0.1, -0.05) is 6.07 Å². The van der Waals surface area contributed by atoms with Gasteiger partial charge in [-0.3, -0.25) is 4.79 Å². The van der Waals surface area contributed by atoms with Crippen molar-refractivity contribution in [2.45, 2.75) is 12.8 Å². The lowest BCUT2D eigenvalue weighted by atomic mass is 10.0. The molecule has 0 bridgehead atoms. The van der Waals surface area contributed by atoms with Crippen molar-refractivity contribution in [3.8, 4) is 6.07 Å². The molecule has 4 heteroatoms. The molecule has 2 heterocycles. The van der Waals surface area contributed by atoms with E-state index in [0.717, 1.165) is 9.75 Å². The molecule has 0 fully saturated rings. The molecule has 0 saturated carbocycles. The monoisotopic (exact) mass is 247 g/mol. The normalized spacial score (nSPS) is 12.0. The number of nitrogens with zero attached hydrogens (tertiary/aromatic N) is 1. The summed E-state index contributed by atoms with van der Waals surface area (Å²) in [6, 6.07) is 9.46. The van der Waals surface area contributed by atoms with Crippen molar-refractivity contribution in [2.75, 3.05) is 0 Å². The molecule has 0 aliphatic carbocycles. The van der Waals surface area contributed by atoms with Crippen LogP contribution in [0.3, 0.4) is 0 Å². The lowest BCUT2D eigenvalue weighted by Gasteiger charge is -2.02. The molecule has 16 heavy (non-hydrogen) atoms. The third kappa shape index (κ3) is 2.06. The van der Waals surface area contributed by atoms with Gasteiger partial charge in [0.2, 0.25) is 0 Å². The summed E-state index contributed by atoms with van der Waals surface area (Å²) >= 11 is 2.89. The Labute approximate surface area is 102 Å². The van der Waals surface area contributed by atoms with E-state index in [2.05, 4.69) is 6.07 Å². The lowest BCUT2D eigenvalue weighted by molar-refractivity contribution is 0.0984. The minimum Gasteiger partial charge on any atom is -0.291 e. The average molecular weight is 247 g/mol. The number of ketones is 1. The molecule has 0 radical (unpaired) electrons. The molecule has 0 aromatic carbocycles. The van der Waals surface area contributed by atoms with Gasteiger partial charge in [0.05, 0.1) is 10.9 Å². The first-order chi connectivity index (χ1) is 7.72. The first kappa shape index (κ1) is 11.1. The molecule has 1 unspecified atom stereocenters. The molecule has 0 spiro atoms. The molecule has 80 valence electrons. The molecule has 2 rings (SSSR count). The number of rotatable bonds is 3. The van der Waals surface area contributed by atoms with Crippen LogP contribution in [0.5, 0.6) is 0 Å². The Morgan fingerprint density at radius 1 is 1.44 bits per heavy atom. The smallest absolute Gasteiger partial charge is 0.195 e. The Balaban J connectivity index is 2.31. The second kappa shape index (κ2) is 4.60. The number of Topliss-reactive ketones (excluding diaryl/α,β-unsaturated/α-hetero) is 1. The van der Waals surface area contributed by atoms with Gasteiger partial charge in [-0.15, -0.1) is 22.7 Å². The first-order valence-corrected chi connectivity index (χ1v) is 6.45. The zero-order valence-electron chi connectivity index (χ0n) is 8.64. The number of carbonyl (C=O) groups excluding carboxylic acids is 1. The highest BCUT2D eigenvalue weighted by Crippen LogP contribution is 2.27. The highest BCUT2D eigenvalue weighted by atomic mass is 32.1. The Kier molecular flexibility index (Phi) is 3.18. The van der Waals surface area contributed by atoms with Crippen molar-refractivity contribution in [2.24, 2.45) is 0 Å². The van der Waals surface area contributed by atoms with Gasteiger partial charge < -0.3 is 0 Å². The number of hydrogen-bond acceptors (Lipinski definition) is 4. The van der Waals surface area contributed by atoms with E-state index in [1.807, 2.05) is 30.5 Å². The maximum absolute atomic E-state index is 12.1. The van der Waals surface area contributed by atoms with Crippen molar-refractivity contribution < 1.29 is 4.79 Å². The molecule has 0 N–H and O–H groups in total. The maximum Gasteiger partial charge on any atom is 0.195 e. The molecule has 2 nitrogen and oxygen atoms in total. The van der Waals surface area contributed by atoms with Gasteiger partial charge in [-0.25, -0.2) is 0 Å². The Morgan fingerprint density at radius 3 is 2.75 bits per heavy atom. The van der Waals surface area contributed by atoms with E-state index < -0.39 is 5.92 Å². The van der Waals surface area contributed by atoms with E-state index in [-0.39, 0.29) is 5.78 Å². The Morgan fingerprint density at radius 2 is 2.25 bits per heavy atom. The summed E-state index contributed by atoms with van der Waals surface area (Å²) in [5.41, 5.74) is 0. The highest BCUT2D eigenvalue weighted by Gasteiger charge is 2.23. The highest BCUT2D eigenvalue weighted by molar-refractivity contribution is 7.14. The number of nitriles is 1. The summed E-state index contributed by atoms with van der Waals surface area (Å²) in [5.74, 6) is -0.749. The zero-order chi connectivity index (χ0) is 11.5. The van der Waals surface area contributed by atoms with E-state index in [1.54, 1.807) is 6.07 Å². The number of hydrogen-bond donors (Lipinski definition) is 0. The zero-order valence-corrected chi connectivity index (χ0v) is 10.3. The molecule has 2 aromatic heterocycles. The van der Waals surface area contributed by atoms with Gasteiger partial charge in [0.25, 0.3) is 0 Å². The van der Waals surface area contributed by atoms with Crippen LogP contribution in [0, 0.1) is 18.3 Å². The van der Waals surface area contributed by atoms with Gasteiger partial charge in [-0.05, 0) is 30.5 Å². The van der Waals surface area contributed by atoms with Crippen molar-refractivity contribution in [3.05, 3.63) is 44.3 Å². The third-order valence-corrected chi connectivity index (χ3v) is 4.15. The summed E-state index contributed by atoms with van der Waals surface area (Å²) in [6.07, 6.45) is 0. The predicted molar refractivity (Wildman–Crippen MR) is 66.1 cm³/mol. The Hall–Kier alpha value is -1.44. The summed E-state index contributed by atoms with van der Waals surface area (Å²) in [4.78, 5) is 14.7. The molecule has 0 saturated heterocycles. The molecule has 1 atom stereocenters. The number of carbonyl (C=O) groups is 1. The molecular weight excluding hydrogens is 238 g/mol. The van der Waals surface area contributed by atoms with Crippen molar-refractivity contribution >= 4 is 28.5 Å². The van der Waals surface area contributed by atoms with Crippen LogP contribution in [-0.2, 0) is 0 Å². The standard InChI is InChI=1S/C12H9NOS2/c1-8-4-5-11(16-8)12(14)9(7-13)10-3-2-6-15-10/h2-6,9H,1H3. The van der Waals surface area contributed by atoms with E-state index >= 15 is 0 Å². The van der Waals surface area contributed by atoms with Crippen LogP contribution >= 0.6 is 22.7 Å². The summed E-state index contributed by atoms with van der Waals surface area (Å²) < 4.78 is 0. The largest absolute Gasteiger partial charge is 0.291 e. The fraction of sp³-hybridized carbons (Fsp3) is 0.167. The van der Waals surface area contributed by atoms with Gasteiger partial charge >= 0.3 is 0 Å². The number of thiophene rings is 2. The lowest BCUT2D eigenvalue weighted by Crippen LogP contribution is -2.08. The van der Waals surface area contributed by atoms with Gasteiger partial charge in [0.1, 0.15) is 5.92 Å². The fourth-order valence-electron chi connectivity index (χ4n) is 1.42. The Bertz CT molecular complexity index is 534. The second-order valence-corrected chi connectivity index (χ2v) is 5.62. The molecule has 2 aromatic rings. The molecular formula is C12H9NOS2. The van der Waals surface area contributed by atoms with Crippen LogP contribution in [0.4, 0.5) is 0 Å². The van der Waals surface area contributed by atoms with Crippen molar-refractivity contribution in [3.63, 3.8) is 0 Å². The number of aryl methyl sites for hydroxylation is 1. The van der Waals surface area contributed by atoms with Crippen LogP contribution in [0.15, 0.2) is 29.6 Å². The van der Waals surface area contributed by atoms with Crippen LogP contribution in [0.25, 0.3) is 0 Å². The fourth-order valence-corrected chi connectivity index (χ4v) is 3.02. The van der Waals surface area contributed by atoms with Crippen LogP contribution in [0.1, 0.15) is 25.3 Å². The van der Waals surface area contributed by atoms with Crippen LogP contribution in [0.2, 0.25) is 0 Å². The van der Waals surface area contributed by atoms with E-state index in [4.69, 9.17) is 5.26 Å². The SMILES string of the molecule is Cc1ccc(C(=O)C(C#N)c2cccs2)s1. The maximum atomic E-state index is 12.1. The summed E-state index contributed by atoms with van der Waals surface area (Å²) in [6.45, 7) is 1.95. The van der Waals surface area contributed by atoms with E-state index in [0.29, 0.717) is 4.88 Å². The summed E-state index contributed by atoms with van der Waals surface area (Å²) in [7, 11) is 0. The third-order valence-electron chi connectivity index (χ3n) is 2.20.